The molecule has 0 saturated heterocycles. The van der Waals surface area contributed by atoms with Gasteiger partial charge in [0.05, 0.1) is 11.1 Å². The van der Waals surface area contributed by atoms with E-state index in [0.717, 1.165) is 17.0 Å². The van der Waals surface area contributed by atoms with Crippen LogP contribution in [0.3, 0.4) is 0 Å². The second-order valence-corrected chi connectivity index (χ2v) is 10.6. The topological polar surface area (TPSA) is 61.1 Å². The molecule has 0 fully saturated rings. The summed E-state index contributed by atoms with van der Waals surface area (Å²) in [6.45, 7) is 13.6. The minimum absolute atomic E-state index is 0.0915. The quantitative estimate of drug-likeness (QED) is 0.393. The monoisotopic (exact) mass is 468 g/mol. The van der Waals surface area contributed by atoms with Gasteiger partial charge in [-0.25, -0.2) is 0 Å². The number of Topliss-reactive ketones (excluding diaryl/α,β-unsaturated/α-hetero) is 2. The van der Waals surface area contributed by atoms with Crippen molar-refractivity contribution in [3.8, 4) is 0 Å². The molecule has 3 aromatic rings. The number of ketones is 2. The molecule has 3 heterocycles. The predicted molar refractivity (Wildman–Crippen MR) is 133 cm³/mol. The molecular formula is C25H28N2O3S2. The van der Waals surface area contributed by atoms with Crippen LogP contribution in [0.15, 0.2) is 40.3 Å². The lowest BCUT2D eigenvalue weighted by molar-refractivity contribution is -0.120. The molecule has 0 aliphatic carbocycles. The van der Waals surface area contributed by atoms with E-state index in [1.807, 2.05) is 62.1 Å². The highest BCUT2D eigenvalue weighted by atomic mass is 32.1. The van der Waals surface area contributed by atoms with Gasteiger partial charge in [0.15, 0.2) is 11.6 Å². The van der Waals surface area contributed by atoms with E-state index in [0.29, 0.717) is 21.3 Å². The Balaban J connectivity index is 2.12. The van der Waals surface area contributed by atoms with Crippen LogP contribution in [-0.4, -0.2) is 20.7 Å². The van der Waals surface area contributed by atoms with E-state index in [1.54, 1.807) is 23.5 Å². The number of carbonyl (C=O) groups is 2. The van der Waals surface area contributed by atoms with E-state index < -0.39 is 5.41 Å². The van der Waals surface area contributed by atoms with Gasteiger partial charge in [-0.2, -0.15) is 11.3 Å². The average molecular weight is 469 g/mol. The Morgan fingerprint density at radius 3 is 2.50 bits per heavy atom. The summed E-state index contributed by atoms with van der Waals surface area (Å²) in [5.74, 6) is -0.251. The van der Waals surface area contributed by atoms with Crippen LogP contribution in [0.1, 0.15) is 48.1 Å². The number of rotatable bonds is 7. The maximum atomic E-state index is 13.2. The van der Waals surface area contributed by atoms with Gasteiger partial charge in [-0.15, -0.1) is 17.9 Å². The van der Waals surface area contributed by atoms with Crippen molar-refractivity contribution in [2.24, 2.45) is 5.41 Å². The van der Waals surface area contributed by atoms with E-state index in [1.165, 1.54) is 22.0 Å². The Bertz CT molecular complexity index is 1340. The van der Waals surface area contributed by atoms with Crippen LogP contribution in [0.2, 0.25) is 0 Å². The van der Waals surface area contributed by atoms with Gasteiger partial charge >= 0.3 is 0 Å². The molecular weight excluding hydrogens is 440 g/mol. The van der Waals surface area contributed by atoms with Gasteiger partial charge in [0.2, 0.25) is 0 Å². The summed E-state index contributed by atoms with van der Waals surface area (Å²) < 4.78 is 4.43. The molecule has 0 spiro atoms. The third kappa shape index (κ3) is 5.00. The lowest BCUT2D eigenvalue weighted by Gasteiger charge is -2.13. The van der Waals surface area contributed by atoms with Crippen LogP contribution in [0.25, 0.3) is 12.2 Å². The molecule has 0 amide bonds. The summed E-state index contributed by atoms with van der Waals surface area (Å²) in [7, 11) is 0. The number of hydrogen-bond acceptors (Lipinski definition) is 5. The Morgan fingerprint density at radius 1 is 1.19 bits per heavy atom. The first kappa shape index (κ1) is 23.9. The van der Waals surface area contributed by atoms with Crippen molar-refractivity contribution in [1.82, 2.24) is 9.13 Å². The van der Waals surface area contributed by atoms with Crippen LogP contribution in [0.5, 0.6) is 0 Å². The normalized spacial score (nSPS) is 13.0. The van der Waals surface area contributed by atoms with E-state index in [2.05, 4.69) is 6.58 Å². The van der Waals surface area contributed by atoms with Crippen molar-refractivity contribution in [2.45, 2.75) is 47.7 Å². The first-order valence-electron chi connectivity index (χ1n) is 10.3. The second kappa shape index (κ2) is 9.38. The fourth-order valence-electron chi connectivity index (χ4n) is 3.35. The van der Waals surface area contributed by atoms with Crippen LogP contribution in [0.4, 0.5) is 0 Å². The van der Waals surface area contributed by atoms with Crippen LogP contribution in [-0.2, 0) is 17.9 Å². The summed E-state index contributed by atoms with van der Waals surface area (Å²) in [5, 5.41) is 3.89. The predicted octanol–water partition coefficient (Wildman–Crippen LogP) is 3.68. The van der Waals surface area contributed by atoms with Gasteiger partial charge in [-0.3, -0.25) is 19.0 Å². The average Bonchev–Trinajstić information content (AvgIpc) is 3.39. The molecule has 0 saturated carbocycles. The summed E-state index contributed by atoms with van der Waals surface area (Å²) in [6.07, 6.45) is 5.08. The standard InChI is InChI=1S/C25H28N2O3S2/c1-7-9-26-16(2)11-19(17(26)3)20(28)14-27-23(13-22(29)25(4,5)6)32-21(24(27)30)12-18-8-10-31-15-18/h7-8,10-13,15H,1,9,14H2,2-6H3. The van der Waals surface area contributed by atoms with E-state index in [4.69, 9.17) is 0 Å². The van der Waals surface area contributed by atoms with Crippen molar-refractivity contribution < 1.29 is 9.59 Å². The van der Waals surface area contributed by atoms with Crippen molar-refractivity contribution in [3.05, 3.63) is 77.6 Å². The summed E-state index contributed by atoms with van der Waals surface area (Å²) in [6, 6.07) is 3.78. The van der Waals surface area contributed by atoms with Crippen molar-refractivity contribution >= 4 is 46.4 Å². The number of thiazole rings is 1. The van der Waals surface area contributed by atoms with Crippen molar-refractivity contribution in [2.75, 3.05) is 0 Å². The summed E-state index contributed by atoms with van der Waals surface area (Å²) in [4.78, 5) is 39.1. The molecule has 168 valence electrons. The molecule has 3 rings (SSSR count). The van der Waals surface area contributed by atoms with Gasteiger partial charge in [-0.1, -0.05) is 26.8 Å². The first-order chi connectivity index (χ1) is 15.0. The highest BCUT2D eigenvalue weighted by Gasteiger charge is 2.21. The van der Waals surface area contributed by atoms with Gasteiger partial charge in [0.1, 0.15) is 4.66 Å². The van der Waals surface area contributed by atoms with Crippen molar-refractivity contribution in [3.63, 3.8) is 0 Å². The highest BCUT2D eigenvalue weighted by molar-refractivity contribution is 7.08. The van der Waals surface area contributed by atoms with Gasteiger partial charge in [0.25, 0.3) is 5.56 Å². The second-order valence-electron chi connectivity index (χ2n) is 8.76. The zero-order valence-corrected chi connectivity index (χ0v) is 20.7. The Hall–Kier alpha value is -2.77. The highest BCUT2D eigenvalue weighted by Crippen LogP contribution is 2.17. The van der Waals surface area contributed by atoms with Crippen LogP contribution < -0.4 is 14.8 Å². The number of nitrogens with zero attached hydrogens (tertiary/aromatic N) is 2. The molecule has 0 radical (unpaired) electrons. The molecule has 0 aromatic carbocycles. The van der Waals surface area contributed by atoms with E-state index in [9.17, 15) is 14.4 Å². The Labute approximate surface area is 195 Å². The molecule has 0 aliphatic heterocycles. The molecule has 0 bridgehead atoms. The molecule has 0 atom stereocenters. The lowest BCUT2D eigenvalue weighted by atomic mass is 9.91. The Morgan fingerprint density at radius 2 is 1.91 bits per heavy atom. The fourth-order valence-corrected chi connectivity index (χ4v) is 5.01. The zero-order chi connectivity index (χ0) is 23.6. The van der Waals surface area contributed by atoms with Gasteiger partial charge < -0.3 is 4.57 Å². The molecule has 32 heavy (non-hydrogen) atoms. The fraction of sp³-hybridized carbons (Fsp3) is 0.320. The smallest absolute Gasteiger partial charge is 0.269 e. The third-order valence-corrected chi connectivity index (χ3v) is 7.02. The number of hydrogen-bond donors (Lipinski definition) is 0. The molecule has 3 aromatic heterocycles. The third-order valence-electron chi connectivity index (χ3n) is 5.26. The lowest BCUT2D eigenvalue weighted by Crippen LogP contribution is -2.35. The number of allylic oxidation sites excluding steroid dienone is 1. The minimum Gasteiger partial charge on any atom is -0.345 e. The van der Waals surface area contributed by atoms with Gasteiger partial charge in [0, 0.05) is 35.0 Å². The Kier molecular flexibility index (Phi) is 7.00. The van der Waals surface area contributed by atoms with Crippen molar-refractivity contribution in [1.29, 1.82) is 0 Å². The number of aryl methyl sites for hydroxylation is 1. The molecule has 0 aliphatic rings. The maximum absolute atomic E-state index is 13.2. The number of thiophene rings is 1. The maximum Gasteiger partial charge on any atom is 0.269 e. The van der Waals surface area contributed by atoms with E-state index in [-0.39, 0.29) is 23.7 Å². The minimum atomic E-state index is -0.582. The molecule has 5 nitrogen and oxygen atoms in total. The SMILES string of the molecule is C=CCn1c(C)cc(C(=O)Cn2c(=CC(=O)C(C)(C)C)sc(=Cc3ccsc3)c2=O)c1C. The molecule has 0 N–H and O–H groups in total. The number of aromatic nitrogens is 2. The van der Waals surface area contributed by atoms with Crippen LogP contribution in [0, 0.1) is 19.3 Å². The molecule has 7 heteroatoms. The number of carbonyl (C=O) groups excluding carboxylic acids is 2. The summed E-state index contributed by atoms with van der Waals surface area (Å²) in [5.41, 5.74) is 2.47. The molecule has 0 unspecified atom stereocenters. The van der Waals surface area contributed by atoms with Gasteiger partial charge in [-0.05, 0) is 48.4 Å². The first-order valence-corrected chi connectivity index (χ1v) is 12.1. The largest absolute Gasteiger partial charge is 0.345 e. The summed E-state index contributed by atoms with van der Waals surface area (Å²) >= 11 is 2.79. The zero-order valence-electron chi connectivity index (χ0n) is 19.1. The van der Waals surface area contributed by atoms with Crippen LogP contribution >= 0.6 is 22.7 Å². The van der Waals surface area contributed by atoms with E-state index >= 15 is 0 Å².